The molecule has 0 amide bonds. The van der Waals surface area contributed by atoms with Crippen LogP contribution in [-0.2, 0) is 0 Å². The van der Waals surface area contributed by atoms with Gasteiger partial charge < -0.3 is 5.11 Å². The molecule has 0 saturated heterocycles. The highest BCUT2D eigenvalue weighted by atomic mass is 16.3. The van der Waals surface area contributed by atoms with Crippen molar-refractivity contribution < 1.29 is 5.11 Å². The van der Waals surface area contributed by atoms with Crippen molar-refractivity contribution in [3.05, 3.63) is 36.0 Å². The van der Waals surface area contributed by atoms with Crippen molar-refractivity contribution in [2.45, 2.75) is 98.5 Å². The Labute approximate surface area is 186 Å². The maximum atomic E-state index is 10.2. The zero-order chi connectivity index (χ0) is 21.7. The van der Waals surface area contributed by atoms with Crippen LogP contribution in [0.1, 0.15) is 92.4 Å². The molecule has 4 rings (SSSR count). The van der Waals surface area contributed by atoms with Gasteiger partial charge in [-0.15, -0.1) is 0 Å². The molecule has 0 aromatic carbocycles. The van der Waals surface area contributed by atoms with Gasteiger partial charge >= 0.3 is 0 Å². The fourth-order valence-corrected chi connectivity index (χ4v) is 8.64. The van der Waals surface area contributed by atoms with E-state index in [2.05, 4.69) is 59.4 Å². The zero-order valence-electron chi connectivity index (χ0n) is 20.3. The average molecular weight is 411 g/mol. The van der Waals surface area contributed by atoms with Crippen LogP contribution in [0.5, 0.6) is 0 Å². The summed E-state index contributed by atoms with van der Waals surface area (Å²) < 4.78 is 0. The Morgan fingerprint density at radius 1 is 1.17 bits per heavy atom. The third kappa shape index (κ3) is 3.58. The molecule has 9 atom stereocenters. The quantitative estimate of drug-likeness (QED) is 0.460. The smallest absolute Gasteiger partial charge is 0.0577 e. The van der Waals surface area contributed by atoms with E-state index in [1.54, 1.807) is 5.57 Å². The van der Waals surface area contributed by atoms with Gasteiger partial charge in [0.15, 0.2) is 0 Å². The minimum atomic E-state index is -0.0932. The molecule has 0 radical (unpaired) electrons. The second-order valence-corrected chi connectivity index (χ2v) is 12.0. The Hall–Kier alpha value is -0.820. The van der Waals surface area contributed by atoms with Crippen molar-refractivity contribution in [3.63, 3.8) is 0 Å². The van der Waals surface area contributed by atoms with E-state index in [-0.39, 0.29) is 6.10 Å². The molecule has 0 bridgehead atoms. The lowest BCUT2D eigenvalue weighted by molar-refractivity contribution is -0.0540. The second kappa shape index (κ2) is 8.27. The number of hydrogen-bond donors (Lipinski definition) is 1. The van der Waals surface area contributed by atoms with Crippen molar-refractivity contribution in [2.75, 3.05) is 0 Å². The Morgan fingerprint density at radius 3 is 2.63 bits per heavy atom. The van der Waals surface area contributed by atoms with Crippen LogP contribution in [0.2, 0.25) is 0 Å². The molecule has 0 aromatic heterocycles. The van der Waals surface area contributed by atoms with E-state index < -0.39 is 0 Å². The predicted octanol–water partition coefficient (Wildman–Crippen LogP) is 7.72. The van der Waals surface area contributed by atoms with Crippen molar-refractivity contribution in [1.29, 1.82) is 0 Å². The van der Waals surface area contributed by atoms with Crippen LogP contribution < -0.4 is 0 Å². The first-order chi connectivity index (χ1) is 14.2. The molecule has 1 nitrogen and oxygen atoms in total. The van der Waals surface area contributed by atoms with Gasteiger partial charge in [-0.25, -0.2) is 0 Å². The van der Waals surface area contributed by atoms with Crippen molar-refractivity contribution >= 4 is 0 Å². The Bertz CT molecular complexity index is 716. The Morgan fingerprint density at radius 2 is 1.93 bits per heavy atom. The lowest BCUT2D eigenvalue weighted by Gasteiger charge is -2.58. The summed E-state index contributed by atoms with van der Waals surface area (Å²) in [5, 5.41) is 10.2. The van der Waals surface area contributed by atoms with Gasteiger partial charge in [-0.05, 0) is 111 Å². The molecular formula is C29H46O. The molecule has 0 heterocycles. The summed E-state index contributed by atoms with van der Waals surface area (Å²) in [5.41, 5.74) is 3.77. The summed E-state index contributed by atoms with van der Waals surface area (Å²) in [5.74, 6) is 4.64. The second-order valence-electron chi connectivity index (χ2n) is 12.0. The van der Waals surface area contributed by atoms with Gasteiger partial charge in [0.1, 0.15) is 0 Å². The Kier molecular flexibility index (Phi) is 6.17. The molecular weight excluding hydrogens is 364 g/mol. The van der Waals surface area contributed by atoms with Gasteiger partial charge in [-0.1, -0.05) is 63.6 Å². The molecule has 1 heteroatoms. The molecule has 4 aliphatic carbocycles. The van der Waals surface area contributed by atoms with E-state index in [1.165, 1.54) is 44.1 Å². The molecule has 0 spiro atoms. The lowest BCUT2D eigenvalue weighted by Crippen LogP contribution is -2.50. The van der Waals surface area contributed by atoms with Crippen molar-refractivity contribution in [2.24, 2.45) is 46.3 Å². The van der Waals surface area contributed by atoms with Gasteiger partial charge in [0.2, 0.25) is 0 Å². The molecule has 3 fully saturated rings. The SMILES string of the molecule is C=C(C)[C@H](/C=C/[C@@H](C)[C@H]1CC[C@@H]2[C@@H]3CC=C4C[C@@H](O)CC[C@]4(C)[C@H]3CC[C@@]21C)CC. The maximum absolute atomic E-state index is 10.2. The third-order valence-corrected chi connectivity index (χ3v) is 10.5. The fourth-order valence-electron chi connectivity index (χ4n) is 8.64. The molecule has 1 N–H and O–H groups in total. The van der Waals surface area contributed by atoms with E-state index >= 15 is 0 Å². The number of aliphatic hydroxyl groups excluding tert-OH is 1. The summed E-state index contributed by atoms with van der Waals surface area (Å²) in [6.07, 6.45) is 18.7. The minimum Gasteiger partial charge on any atom is -0.393 e. The van der Waals surface area contributed by atoms with Crippen molar-refractivity contribution in [1.82, 2.24) is 0 Å². The molecule has 168 valence electrons. The highest BCUT2D eigenvalue weighted by Gasteiger charge is 2.58. The zero-order valence-corrected chi connectivity index (χ0v) is 20.3. The van der Waals surface area contributed by atoms with Crippen LogP contribution in [0.4, 0.5) is 0 Å². The van der Waals surface area contributed by atoms with Gasteiger partial charge in [0.25, 0.3) is 0 Å². The molecule has 30 heavy (non-hydrogen) atoms. The van der Waals surface area contributed by atoms with Crippen LogP contribution in [0.25, 0.3) is 0 Å². The van der Waals surface area contributed by atoms with E-state index in [4.69, 9.17) is 0 Å². The lowest BCUT2D eigenvalue weighted by atomic mass is 9.47. The van der Waals surface area contributed by atoms with Crippen LogP contribution in [0.15, 0.2) is 36.0 Å². The summed E-state index contributed by atoms with van der Waals surface area (Å²) >= 11 is 0. The monoisotopic (exact) mass is 410 g/mol. The summed E-state index contributed by atoms with van der Waals surface area (Å²) in [4.78, 5) is 0. The van der Waals surface area contributed by atoms with Crippen LogP contribution in [0.3, 0.4) is 0 Å². The predicted molar refractivity (Wildman–Crippen MR) is 128 cm³/mol. The molecule has 3 saturated carbocycles. The van der Waals surface area contributed by atoms with E-state index in [0.717, 1.165) is 42.9 Å². The first-order valence-corrected chi connectivity index (χ1v) is 12.9. The number of rotatable bonds is 5. The largest absolute Gasteiger partial charge is 0.393 e. The highest BCUT2D eigenvalue weighted by molar-refractivity contribution is 5.25. The number of hydrogen-bond acceptors (Lipinski definition) is 1. The van der Waals surface area contributed by atoms with Crippen LogP contribution in [0, 0.1) is 46.3 Å². The first-order valence-electron chi connectivity index (χ1n) is 12.9. The highest BCUT2D eigenvalue weighted by Crippen LogP contribution is 2.67. The number of aliphatic hydroxyl groups is 1. The molecule has 0 unspecified atom stereocenters. The van der Waals surface area contributed by atoms with E-state index in [0.29, 0.717) is 22.7 Å². The number of allylic oxidation sites excluding steroid dienone is 4. The van der Waals surface area contributed by atoms with Gasteiger partial charge in [-0.3, -0.25) is 0 Å². The Balaban J connectivity index is 1.53. The average Bonchev–Trinajstić information content (AvgIpc) is 3.06. The van der Waals surface area contributed by atoms with E-state index in [1.807, 2.05) is 0 Å². The van der Waals surface area contributed by atoms with Gasteiger partial charge in [0, 0.05) is 0 Å². The minimum absolute atomic E-state index is 0.0932. The molecule has 0 aromatic rings. The van der Waals surface area contributed by atoms with Gasteiger partial charge in [0.05, 0.1) is 6.10 Å². The van der Waals surface area contributed by atoms with Gasteiger partial charge in [-0.2, -0.15) is 0 Å². The third-order valence-electron chi connectivity index (χ3n) is 10.5. The summed E-state index contributed by atoms with van der Waals surface area (Å²) in [6, 6.07) is 0. The van der Waals surface area contributed by atoms with Crippen molar-refractivity contribution in [3.8, 4) is 0 Å². The number of fused-ring (bicyclic) bond motifs is 5. The summed E-state index contributed by atoms with van der Waals surface area (Å²) in [7, 11) is 0. The first kappa shape index (κ1) is 22.4. The normalized spacial score (nSPS) is 45.3. The van der Waals surface area contributed by atoms with E-state index in [9.17, 15) is 5.11 Å². The fraction of sp³-hybridized carbons (Fsp3) is 0.793. The van der Waals surface area contributed by atoms with Crippen LogP contribution >= 0.6 is 0 Å². The standard InChI is InChI=1S/C29H46O/c1-7-21(19(2)3)9-8-20(4)25-12-13-26-24-11-10-22-18-23(30)14-16-28(22,5)27(24)15-17-29(25,26)6/h8-10,20-21,23-27,30H,2,7,11-18H2,1,3-6H3/b9-8+/t20-,21+,23+,24+,25-,26-,27+,28+,29-/m1/s1. The topological polar surface area (TPSA) is 20.2 Å². The summed E-state index contributed by atoms with van der Waals surface area (Å²) in [6.45, 7) is 16.3. The molecule has 4 aliphatic rings. The molecule has 0 aliphatic heterocycles. The maximum Gasteiger partial charge on any atom is 0.0577 e. The van der Waals surface area contributed by atoms with Crippen LogP contribution in [-0.4, -0.2) is 11.2 Å².